The molecule has 120 valence electrons. The third kappa shape index (κ3) is 3.57. The number of rotatable bonds is 7. The lowest BCUT2D eigenvalue weighted by atomic mass is 10.2. The highest BCUT2D eigenvalue weighted by Gasteiger charge is 2.09. The van der Waals surface area contributed by atoms with Gasteiger partial charge in [-0.15, -0.1) is 10.2 Å². The molecule has 0 bridgehead atoms. The van der Waals surface area contributed by atoms with E-state index < -0.39 is 0 Å². The van der Waals surface area contributed by atoms with E-state index in [9.17, 15) is 4.79 Å². The molecule has 0 aliphatic rings. The van der Waals surface area contributed by atoms with Gasteiger partial charge < -0.3 is 20.0 Å². The molecule has 7 nitrogen and oxygen atoms in total. The quantitative estimate of drug-likeness (QED) is 0.688. The number of nitrogens with one attached hydrogen (secondary N) is 1. The highest BCUT2D eigenvalue weighted by Crippen LogP contribution is 2.21. The Balaban J connectivity index is 1.73. The normalized spacial score (nSPS) is 11.2. The van der Waals surface area contributed by atoms with Gasteiger partial charge in [-0.1, -0.05) is 18.2 Å². The number of fused-ring (bicyclic) bond motifs is 1. The molecule has 0 aliphatic heterocycles. The maximum Gasteiger partial charge on any atom is 0.230 e. The van der Waals surface area contributed by atoms with Crippen LogP contribution in [0.15, 0.2) is 34.9 Å². The summed E-state index contributed by atoms with van der Waals surface area (Å²) in [5, 5.41) is 12.2. The fraction of sp³-hybridized carbons (Fsp3) is 0.312. The first-order valence-electron chi connectivity index (χ1n) is 7.48. The Morgan fingerprint density at radius 1 is 1.30 bits per heavy atom. The summed E-state index contributed by atoms with van der Waals surface area (Å²) in [5.74, 6) is 0.832. The predicted octanol–water partition coefficient (Wildman–Crippen LogP) is 1.50. The lowest BCUT2D eigenvalue weighted by Gasteiger charge is -2.02. The van der Waals surface area contributed by atoms with Gasteiger partial charge in [0.05, 0.1) is 6.54 Å². The number of nitrogens with zero attached hydrogens (tertiary/aromatic N) is 3. The number of para-hydroxylation sites is 1. The molecule has 0 saturated heterocycles. The van der Waals surface area contributed by atoms with Crippen molar-refractivity contribution in [2.45, 2.75) is 33.0 Å². The first kappa shape index (κ1) is 15.2. The standard InChI is InChI=1S/C16H19N5O2/c1-11-19-20-16(23-11)9-18-8-12-10-21(7-6-15(17)22)14-5-3-2-4-13(12)14/h2-5,10,18H,6-9H2,1H3,(H2,17,22). The molecule has 1 amide bonds. The number of hydrogen-bond donors (Lipinski definition) is 2. The van der Waals surface area contributed by atoms with Crippen molar-refractivity contribution in [1.29, 1.82) is 0 Å². The van der Waals surface area contributed by atoms with E-state index in [2.05, 4.69) is 32.3 Å². The van der Waals surface area contributed by atoms with Crippen molar-refractivity contribution in [3.8, 4) is 0 Å². The summed E-state index contributed by atoms with van der Waals surface area (Å²) in [4.78, 5) is 11.0. The SMILES string of the molecule is Cc1nnc(CNCc2cn(CCC(N)=O)c3ccccc23)o1. The van der Waals surface area contributed by atoms with E-state index in [-0.39, 0.29) is 5.91 Å². The molecule has 23 heavy (non-hydrogen) atoms. The zero-order valence-corrected chi connectivity index (χ0v) is 13.0. The second kappa shape index (κ2) is 6.62. The Hall–Kier alpha value is -2.67. The summed E-state index contributed by atoms with van der Waals surface area (Å²) in [7, 11) is 0. The molecule has 0 unspecified atom stereocenters. The van der Waals surface area contributed by atoms with Crippen LogP contribution in [0.4, 0.5) is 0 Å². The third-order valence-electron chi connectivity index (χ3n) is 3.63. The average molecular weight is 313 g/mol. The van der Waals surface area contributed by atoms with Gasteiger partial charge in [0.2, 0.25) is 17.7 Å². The van der Waals surface area contributed by atoms with Gasteiger partial charge in [0.15, 0.2) is 0 Å². The Morgan fingerprint density at radius 3 is 2.87 bits per heavy atom. The highest BCUT2D eigenvalue weighted by atomic mass is 16.4. The summed E-state index contributed by atoms with van der Waals surface area (Å²) < 4.78 is 7.40. The number of benzene rings is 1. The topological polar surface area (TPSA) is 99.0 Å². The summed E-state index contributed by atoms with van der Waals surface area (Å²) in [5.41, 5.74) is 7.50. The van der Waals surface area contributed by atoms with Crippen molar-refractivity contribution in [1.82, 2.24) is 20.1 Å². The van der Waals surface area contributed by atoms with Gasteiger partial charge in [-0.25, -0.2) is 0 Å². The summed E-state index contributed by atoms with van der Waals surface area (Å²) in [6, 6.07) is 8.11. The van der Waals surface area contributed by atoms with Crippen LogP contribution in [0.5, 0.6) is 0 Å². The minimum Gasteiger partial charge on any atom is -0.424 e. The predicted molar refractivity (Wildman–Crippen MR) is 85.3 cm³/mol. The first-order valence-corrected chi connectivity index (χ1v) is 7.48. The molecule has 1 aromatic carbocycles. The molecule has 3 N–H and O–H groups in total. The van der Waals surface area contributed by atoms with Gasteiger partial charge in [-0.3, -0.25) is 4.79 Å². The fourth-order valence-electron chi connectivity index (χ4n) is 2.59. The monoisotopic (exact) mass is 313 g/mol. The van der Waals surface area contributed by atoms with Crippen LogP contribution in [0, 0.1) is 6.92 Å². The second-order valence-corrected chi connectivity index (χ2v) is 5.40. The Bertz CT molecular complexity index is 821. The molecular formula is C16H19N5O2. The maximum absolute atomic E-state index is 11.0. The van der Waals surface area contributed by atoms with E-state index in [1.54, 1.807) is 6.92 Å². The van der Waals surface area contributed by atoms with Crippen LogP contribution in [0.2, 0.25) is 0 Å². The minimum atomic E-state index is -0.297. The van der Waals surface area contributed by atoms with Crippen molar-refractivity contribution in [2.24, 2.45) is 5.73 Å². The summed E-state index contributed by atoms with van der Waals surface area (Å²) in [6.07, 6.45) is 2.38. The Morgan fingerprint density at radius 2 is 2.13 bits per heavy atom. The van der Waals surface area contributed by atoms with Crippen LogP contribution in [-0.4, -0.2) is 20.7 Å². The molecular weight excluding hydrogens is 294 g/mol. The van der Waals surface area contributed by atoms with Crippen LogP contribution < -0.4 is 11.1 Å². The molecule has 0 saturated carbocycles. The van der Waals surface area contributed by atoms with Crippen LogP contribution in [-0.2, 0) is 24.4 Å². The number of carbonyl (C=O) groups is 1. The number of carbonyl (C=O) groups excluding carboxylic acids is 1. The number of primary amides is 1. The van der Waals surface area contributed by atoms with Crippen molar-refractivity contribution < 1.29 is 9.21 Å². The molecule has 2 heterocycles. The van der Waals surface area contributed by atoms with Crippen LogP contribution >= 0.6 is 0 Å². The molecule has 7 heteroatoms. The second-order valence-electron chi connectivity index (χ2n) is 5.40. The number of hydrogen-bond acceptors (Lipinski definition) is 5. The van der Waals surface area contributed by atoms with Crippen molar-refractivity contribution in [2.75, 3.05) is 0 Å². The zero-order chi connectivity index (χ0) is 16.2. The van der Waals surface area contributed by atoms with E-state index in [1.165, 1.54) is 0 Å². The molecule has 0 radical (unpaired) electrons. The average Bonchev–Trinajstić information content (AvgIpc) is 3.10. The van der Waals surface area contributed by atoms with Gasteiger partial charge in [-0.2, -0.15) is 0 Å². The zero-order valence-electron chi connectivity index (χ0n) is 13.0. The summed E-state index contributed by atoms with van der Waals surface area (Å²) in [6.45, 7) is 3.54. The summed E-state index contributed by atoms with van der Waals surface area (Å²) >= 11 is 0. The van der Waals surface area contributed by atoms with Crippen LogP contribution in [0.25, 0.3) is 10.9 Å². The van der Waals surface area contributed by atoms with E-state index >= 15 is 0 Å². The van der Waals surface area contributed by atoms with Gasteiger partial charge in [0.1, 0.15) is 0 Å². The largest absolute Gasteiger partial charge is 0.424 e. The van der Waals surface area contributed by atoms with Gasteiger partial charge >= 0.3 is 0 Å². The molecule has 0 aliphatic carbocycles. The minimum absolute atomic E-state index is 0.297. The van der Waals surface area contributed by atoms with E-state index in [0.717, 1.165) is 16.5 Å². The molecule has 0 atom stereocenters. The van der Waals surface area contributed by atoms with Gasteiger partial charge in [0, 0.05) is 43.5 Å². The van der Waals surface area contributed by atoms with Crippen LogP contribution in [0.3, 0.4) is 0 Å². The molecule has 3 rings (SSSR count). The first-order chi connectivity index (χ1) is 11.1. The number of aryl methyl sites for hydroxylation is 2. The number of nitrogens with two attached hydrogens (primary N) is 1. The smallest absolute Gasteiger partial charge is 0.230 e. The molecule has 3 aromatic rings. The lowest BCUT2D eigenvalue weighted by Crippen LogP contribution is -2.14. The lowest BCUT2D eigenvalue weighted by molar-refractivity contribution is -0.118. The van der Waals surface area contributed by atoms with E-state index in [1.807, 2.05) is 18.2 Å². The van der Waals surface area contributed by atoms with Crippen molar-refractivity contribution >= 4 is 16.8 Å². The Labute approximate surface area is 133 Å². The van der Waals surface area contributed by atoms with Crippen molar-refractivity contribution in [3.63, 3.8) is 0 Å². The van der Waals surface area contributed by atoms with Gasteiger partial charge in [0.25, 0.3) is 0 Å². The molecule has 2 aromatic heterocycles. The van der Waals surface area contributed by atoms with Crippen molar-refractivity contribution in [3.05, 3.63) is 47.8 Å². The van der Waals surface area contributed by atoms with E-state index in [4.69, 9.17) is 10.2 Å². The number of aromatic nitrogens is 3. The number of amides is 1. The maximum atomic E-state index is 11.0. The molecule has 0 fully saturated rings. The molecule has 0 spiro atoms. The fourth-order valence-corrected chi connectivity index (χ4v) is 2.59. The van der Waals surface area contributed by atoms with Gasteiger partial charge in [-0.05, 0) is 11.6 Å². The van der Waals surface area contributed by atoms with Crippen LogP contribution in [0.1, 0.15) is 23.8 Å². The van der Waals surface area contributed by atoms with E-state index in [0.29, 0.717) is 37.8 Å². The Kier molecular flexibility index (Phi) is 4.38. The third-order valence-corrected chi connectivity index (χ3v) is 3.63. The highest BCUT2D eigenvalue weighted by molar-refractivity contribution is 5.84.